The molecule has 2 atom stereocenters. The fraction of sp³-hybridized carbons (Fsp3) is 0.182. The smallest absolute Gasteiger partial charge is 0.173 e. The number of rotatable bonds is 6. The van der Waals surface area contributed by atoms with Crippen LogP contribution >= 0.6 is 24.4 Å². The minimum atomic E-state index is -3.15. The van der Waals surface area contributed by atoms with Crippen LogP contribution in [-0.4, -0.2) is 50.6 Å². The third-order valence-electron chi connectivity index (χ3n) is 4.95. The fourth-order valence-electron chi connectivity index (χ4n) is 3.35. The van der Waals surface area contributed by atoms with Crippen LogP contribution in [-0.2, 0) is 19.7 Å². The molecule has 2 aromatic rings. The Kier molecular flexibility index (Phi) is 7.40. The minimum Gasteiger partial charge on any atom is -0.457 e. The number of anilines is 2. The monoisotopic (exact) mass is 550 g/mol. The van der Waals surface area contributed by atoms with Crippen molar-refractivity contribution in [1.29, 1.82) is 0 Å². The van der Waals surface area contributed by atoms with Gasteiger partial charge in [-0.2, -0.15) is 0 Å². The molecule has 0 saturated heterocycles. The standard InChI is InChI=1S/C22H22N4O5S4/c27-34(28)11-9-17(13-34)25-21(32)23-15-1-5-19(6-2-15)31-20-7-3-16(4-8-20)24-22(33)26-18-10-12-35(29,30)14-18/h1-12,17-18H,13-14H2,(H2,23,25,32)(H2,24,26,33). The zero-order valence-electron chi connectivity index (χ0n) is 18.2. The lowest BCUT2D eigenvalue weighted by Crippen LogP contribution is -2.38. The summed E-state index contributed by atoms with van der Waals surface area (Å²) in [6.07, 6.45) is 3.15. The van der Waals surface area contributed by atoms with E-state index < -0.39 is 19.7 Å². The van der Waals surface area contributed by atoms with E-state index in [1.54, 1.807) is 60.7 Å². The SMILES string of the molecule is O=S1(=O)C=CC(NC(=S)Nc2ccc(Oc3ccc(NC(=S)NC4C=CS(=O)(=O)C4)cc3)cc2)C1. The molecule has 0 fully saturated rings. The van der Waals surface area contributed by atoms with Gasteiger partial charge in [-0.3, -0.25) is 0 Å². The van der Waals surface area contributed by atoms with Gasteiger partial charge < -0.3 is 26.0 Å². The first-order valence-electron chi connectivity index (χ1n) is 10.4. The lowest BCUT2D eigenvalue weighted by molar-refractivity contribution is 0.483. The first-order chi connectivity index (χ1) is 16.6. The van der Waals surface area contributed by atoms with Gasteiger partial charge >= 0.3 is 0 Å². The topological polar surface area (TPSA) is 126 Å². The summed E-state index contributed by atoms with van der Waals surface area (Å²) in [5.74, 6) is 1.21. The Morgan fingerprint density at radius 1 is 0.686 bits per heavy atom. The Balaban J connectivity index is 1.24. The predicted octanol–water partition coefficient (Wildman–Crippen LogP) is 2.67. The molecule has 4 rings (SSSR count). The molecule has 2 aliphatic heterocycles. The number of hydrogen-bond acceptors (Lipinski definition) is 7. The van der Waals surface area contributed by atoms with Crippen LogP contribution in [0.5, 0.6) is 11.5 Å². The van der Waals surface area contributed by atoms with Gasteiger partial charge in [0.2, 0.25) is 0 Å². The molecular weight excluding hydrogens is 529 g/mol. The lowest BCUT2D eigenvalue weighted by atomic mass is 10.3. The molecule has 2 unspecified atom stereocenters. The molecule has 2 heterocycles. The van der Waals surface area contributed by atoms with Gasteiger partial charge in [0.15, 0.2) is 29.9 Å². The maximum atomic E-state index is 11.5. The second-order valence-corrected chi connectivity index (χ2v) is 12.6. The van der Waals surface area contributed by atoms with E-state index in [1.165, 1.54) is 10.8 Å². The summed E-state index contributed by atoms with van der Waals surface area (Å²) in [5.41, 5.74) is 1.45. The van der Waals surface area contributed by atoms with Crippen LogP contribution in [0.3, 0.4) is 0 Å². The third kappa shape index (κ3) is 7.49. The molecule has 0 radical (unpaired) electrons. The number of thiocarbonyl (C=S) groups is 2. The van der Waals surface area contributed by atoms with Crippen molar-refractivity contribution in [3.63, 3.8) is 0 Å². The first-order valence-corrected chi connectivity index (χ1v) is 14.6. The molecule has 0 bridgehead atoms. The summed E-state index contributed by atoms with van der Waals surface area (Å²) in [6, 6.07) is 13.6. The van der Waals surface area contributed by atoms with Gasteiger partial charge in [-0.25, -0.2) is 16.8 Å². The number of benzene rings is 2. The van der Waals surface area contributed by atoms with Gasteiger partial charge in [0.1, 0.15) is 11.5 Å². The van der Waals surface area contributed by atoms with Gasteiger partial charge in [-0.15, -0.1) is 0 Å². The van der Waals surface area contributed by atoms with Crippen molar-refractivity contribution in [2.24, 2.45) is 0 Å². The van der Waals surface area contributed by atoms with Crippen LogP contribution in [0.2, 0.25) is 0 Å². The fourth-order valence-corrected chi connectivity index (χ4v) is 6.36. The summed E-state index contributed by atoms with van der Waals surface area (Å²) in [7, 11) is -6.30. The Bertz CT molecular complexity index is 1280. The average Bonchev–Trinajstić information content (AvgIpc) is 3.30. The van der Waals surface area contributed by atoms with Gasteiger partial charge in [-0.05, 0) is 85.1 Å². The molecule has 0 spiro atoms. The van der Waals surface area contributed by atoms with Crippen molar-refractivity contribution in [2.45, 2.75) is 12.1 Å². The number of ether oxygens (including phenoxy) is 1. The van der Waals surface area contributed by atoms with Crippen molar-refractivity contribution in [3.8, 4) is 11.5 Å². The summed E-state index contributed by atoms with van der Waals surface area (Å²) in [5, 5.41) is 15.0. The molecule has 2 aromatic carbocycles. The Labute approximate surface area is 214 Å². The molecule has 184 valence electrons. The molecule has 0 amide bonds. The molecule has 2 aliphatic rings. The zero-order valence-corrected chi connectivity index (χ0v) is 21.4. The van der Waals surface area contributed by atoms with E-state index in [2.05, 4.69) is 21.3 Å². The Hall–Kier alpha value is -3.00. The molecule has 0 aromatic heterocycles. The Morgan fingerprint density at radius 3 is 1.37 bits per heavy atom. The first kappa shape index (κ1) is 25.1. The van der Waals surface area contributed by atoms with Crippen molar-refractivity contribution >= 4 is 65.7 Å². The van der Waals surface area contributed by atoms with E-state index in [0.29, 0.717) is 21.7 Å². The third-order valence-corrected chi connectivity index (χ3v) is 8.18. The highest BCUT2D eigenvalue weighted by Crippen LogP contribution is 2.24. The largest absolute Gasteiger partial charge is 0.457 e. The van der Waals surface area contributed by atoms with Crippen molar-refractivity contribution < 1.29 is 21.6 Å². The van der Waals surface area contributed by atoms with E-state index in [1.807, 2.05) is 0 Å². The maximum Gasteiger partial charge on any atom is 0.173 e. The molecule has 9 nitrogen and oxygen atoms in total. The van der Waals surface area contributed by atoms with E-state index in [4.69, 9.17) is 29.2 Å². The van der Waals surface area contributed by atoms with Crippen molar-refractivity contribution in [2.75, 3.05) is 22.1 Å². The lowest BCUT2D eigenvalue weighted by Gasteiger charge is -2.15. The molecular formula is C22H22N4O5S4. The van der Waals surface area contributed by atoms with Crippen LogP contribution in [0, 0.1) is 0 Å². The van der Waals surface area contributed by atoms with Crippen LogP contribution in [0.25, 0.3) is 0 Å². The normalized spacial score (nSPS) is 21.3. The van der Waals surface area contributed by atoms with E-state index >= 15 is 0 Å². The quantitative estimate of drug-likeness (QED) is 0.397. The molecule has 0 aliphatic carbocycles. The van der Waals surface area contributed by atoms with Crippen molar-refractivity contribution in [1.82, 2.24) is 10.6 Å². The zero-order chi connectivity index (χ0) is 25.1. The van der Waals surface area contributed by atoms with Gasteiger partial charge in [0.05, 0.1) is 23.6 Å². The Morgan fingerprint density at radius 2 is 1.06 bits per heavy atom. The number of hydrogen-bond donors (Lipinski definition) is 4. The molecule has 13 heteroatoms. The summed E-state index contributed by atoms with van der Waals surface area (Å²) >= 11 is 10.5. The van der Waals surface area contributed by atoms with Gasteiger partial charge in [0.25, 0.3) is 0 Å². The van der Waals surface area contributed by atoms with Crippen LogP contribution in [0.15, 0.2) is 71.5 Å². The van der Waals surface area contributed by atoms with E-state index in [0.717, 1.165) is 11.4 Å². The second kappa shape index (κ2) is 10.3. The average molecular weight is 551 g/mol. The highest BCUT2D eigenvalue weighted by atomic mass is 32.2. The molecule has 35 heavy (non-hydrogen) atoms. The predicted molar refractivity (Wildman–Crippen MR) is 145 cm³/mol. The second-order valence-electron chi connectivity index (χ2n) is 7.88. The van der Waals surface area contributed by atoms with Gasteiger partial charge in [0, 0.05) is 22.2 Å². The summed E-state index contributed by atoms with van der Waals surface area (Å²) in [4.78, 5) is 0. The molecule has 4 N–H and O–H groups in total. The summed E-state index contributed by atoms with van der Waals surface area (Å²) in [6.45, 7) is 0. The number of sulfone groups is 2. The van der Waals surface area contributed by atoms with Crippen LogP contribution < -0.4 is 26.0 Å². The molecule has 0 saturated carbocycles. The van der Waals surface area contributed by atoms with Crippen LogP contribution in [0.4, 0.5) is 11.4 Å². The maximum absolute atomic E-state index is 11.5. The van der Waals surface area contributed by atoms with E-state index in [-0.39, 0.29) is 23.6 Å². The highest BCUT2D eigenvalue weighted by Gasteiger charge is 2.23. The highest BCUT2D eigenvalue weighted by molar-refractivity contribution is 7.94. The summed E-state index contributed by atoms with van der Waals surface area (Å²) < 4.78 is 51.8. The minimum absolute atomic E-state index is 0.0135. The van der Waals surface area contributed by atoms with Crippen LogP contribution in [0.1, 0.15) is 0 Å². The van der Waals surface area contributed by atoms with Gasteiger partial charge in [-0.1, -0.05) is 0 Å². The number of nitrogens with one attached hydrogen (secondary N) is 4. The van der Waals surface area contributed by atoms with E-state index in [9.17, 15) is 16.8 Å². The van der Waals surface area contributed by atoms with Crippen molar-refractivity contribution in [3.05, 3.63) is 71.5 Å².